The number of hydrogen-bond acceptors (Lipinski definition) is 2. The van der Waals surface area contributed by atoms with Crippen molar-refractivity contribution in [2.45, 2.75) is 39.0 Å². The Morgan fingerprint density at radius 3 is 2.85 bits per heavy atom. The van der Waals surface area contributed by atoms with Gasteiger partial charge in [0.2, 0.25) is 0 Å². The van der Waals surface area contributed by atoms with E-state index in [1.165, 1.54) is 0 Å². The normalized spacial score (nSPS) is 16.5. The Morgan fingerprint density at radius 1 is 1.46 bits per heavy atom. The second kappa shape index (κ2) is 2.76. The van der Waals surface area contributed by atoms with Crippen molar-refractivity contribution in [2.75, 3.05) is 6.61 Å². The van der Waals surface area contributed by atoms with E-state index in [1.54, 1.807) is 0 Å². The van der Waals surface area contributed by atoms with E-state index in [9.17, 15) is 0 Å². The maximum Gasteiger partial charge on any atom is 0.145 e. The molecular weight excluding hydrogens is 164 g/mol. The van der Waals surface area contributed by atoms with Crippen molar-refractivity contribution in [1.82, 2.24) is 9.71 Å². The third-order valence-electron chi connectivity index (χ3n) is 2.29. The van der Waals surface area contributed by atoms with Crippen LogP contribution in [0, 0.1) is 0 Å². The van der Waals surface area contributed by atoms with Gasteiger partial charge in [-0.3, -0.25) is 0 Å². The number of imidazole rings is 1. The van der Waals surface area contributed by atoms with Crippen molar-refractivity contribution in [3.63, 3.8) is 0 Å². The van der Waals surface area contributed by atoms with Gasteiger partial charge in [-0.15, -0.1) is 0 Å². The summed E-state index contributed by atoms with van der Waals surface area (Å²) in [6.45, 7) is 7.32. The number of aromatic nitrogens is 2. The first-order valence-electron chi connectivity index (χ1n) is 4.79. The molecule has 0 bridgehead atoms. The lowest BCUT2D eigenvalue weighted by molar-refractivity contribution is 0.0801. The zero-order valence-electron chi connectivity index (χ0n) is 8.50. The Bertz CT molecular complexity index is 286. The smallest absolute Gasteiger partial charge is 0.145 e. The molecule has 3 heteroatoms. The molecule has 3 nitrogen and oxygen atoms in total. The largest absolute Gasteiger partial charge is 0.413 e. The van der Waals surface area contributed by atoms with E-state index in [1.807, 2.05) is 10.9 Å². The number of fused-ring (bicyclic) bond motifs is 1. The van der Waals surface area contributed by atoms with Gasteiger partial charge in [0.1, 0.15) is 12.4 Å². The van der Waals surface area contributed by atoms with Crippen LogP contribution in [-0.4, -0.2) is 16.3 Å². The van der Waals surface area contributed by atoms with E-state index >= 15 is 0 Å². The molecule has 0 unspecified atom stereocenters. The topological polar surface area (TPSA) is 27.1 Å². The van der Waals surface area contributed by atoms with E-state index in [0.717, 1.165) is 31.0 Å². The van der Waals surface area contributed by atoms with E-state index in [-0.39, 0.29) is 5.41 Å². The van der Waals surface area contributed by atoms with E-state index < -0.39 is 0 Å². The van der Waals surface area contributed by atoms with Gasteiger partial charge in [-0.1, -0.05) is 20.8 Å². The zero-order valence-corrected chi connectivity index (χ0v) is 8.50. The molecule has 13 heavy (non-hydrogen) atoms. The van der Waals surface area contributed by atoms with Crippen molar-refractivity contribution >= 4 is 0 Å². The first kappa shape index (κ1) is 8.60. The second-order valence-corrected chi connectivity index (χ2v) is 4.55. The fourth-order valence-electron chi connectivity index (χ4n) is 1.44. The maximum absolute atomic E-state index is 5.45. The van der Waals surface area contributed by atoms with Gasteiger partial charge >= 0.3 is 0 Å². The molecule has 1 aromatic heterocycles. The van der Waals surface area contributed by atoms with Crippen LogP contribution in [0.1, 0.15) is 38.7 Å². The predicted octanol–water partition coefficient (Wildman–Crippen LogP) is 1.56. The lowest BCUT2D eigenvalue weighted by Crippen LogP contribution is -2.21. The summed E-state index contributed by atoms with van der Waals surface area (Å²) in [7, 11) is 0. The molecule has 1 aliphatic heterocycles. The molecule has 0 radical (unpaired) electrons. The molecule has 0 spiro atoms. The third-order valence-corrected chi connectivity index (χ3v) is 2.29. The van der Waals surface area contributed by atoms with Gasteiger partial charge in [-0.2, -0.15) is 4.73 Å². The molecule has 0 atom stereocenters. The van der Waals surface area contributed by atoms with Gasteiger partial charge in [0.15, 0.2) is 0 Å². The molecule has 0 saturated heterocycles. The lowest BCUT2D eigenvalue weighted by Gasteiger charge is -2.14. The Labute approximate surface area is 78.7 Å². The fourth-order valence-corrected chi connectivity index (χ4v) is 1.44. The third kappa shape index (κ3) is 1.55. The molecule has 0 saturated carbocycles. The molecule has 1 aromatic rings. The maximum atomic E-state index is 5.45. The van der Waals surface area contributed by atoms with Crippen LogP contribution >= 0.6 is 0 Å². The molecule has 0 N–H and O–H groups in total. The fraction of sp³-hybridized carbons (Fsp3) is 0.700. The quantitative estimate of drug-likeness (QED) is 0.605. The van der Waals surface area contributed by atoms with Crippen LogP contribution in [0.4, 0.5) is 0 Å². The Kier molecular flexibility index (Phi) is 1.82. The summed E-state index contributed by atoms with van der Waals surface area (Å²) in [5, 5.41) is 0. The highest BCUT2D eigenvalue weighted by atomic mass is 16.7. The first-order valence-corrected chi connectivity index (χ1v) is 4.79. The van der Waals surface area contributed by atoms with Crippen LogP contribution in [0.3, 0.4) is 0 Å². The SMILES string of the molecule is CC(C)(C)c1cn2c(n1)CCCO2. The highest BCUT2D eigenvalue weighted by molar-refractivity contribution is 5.13. The van der Waals surface area contributed by atoms with E-state index in [2.05, 4.69) is 25.8 Å². The molecule has 72 valence electrons. The standard InChI is InChI=1S/C10H16N2O/c1-10(2,3)8-7-12-9(11-8)5-4-6-13-12/h7H,4-6H2,1-3H3. The summed E-state index contributed by atoms with van der Waals surface area (Å²) >= 11 is 0. The average Bonchev–Trinajstić information content (AvgIpc) is 2.45. The number of aryl methyl sites for hydroxylation is 1. The van der Waals surface area contributed by atoms with Gasteiger partial charge in [0.05, 0.1) is 11.9 Å². The summed E-state index contributed by atoms with van der Waals surface area (Å²) in [6, 6.07) is 0. The highest BCUT2D eigenvalue weighted by Crippen LogP contribution is 2.22. The number of hydrogen-bond donors (Lipinski definition) is 0. The Morgan fingerprint density at radius 2 is 2.23 bits per heavy atom. The number of rotatable bonds is 0. The van der Waals surface area contributed by atoms with Gasteiger partial charge in [0, 0.05) is 11.8 Å². The number of nitrogens with zero attached hydrogens (tertiary/aromatic N) is 2. The molecule has 0 fully saturated rings. The predicted molar refractivity (Wildman–Crippen MR) is 50.7 cm³/mol. The van der Waals surface area contributed by atoms with Crippen LogP contribution in [-0.2, 0) is 11.8 Å². The van der Waals surface area contributed by atoms with E-state index in [0.29, 0.717) is 0 Å². The Balaban J connectivity index is 2.36. The van der Waals surface area contributed by atoms with Crippen LogP contribution in [0.15, 0.2) is 6.20 Å². The summed E-state index contributed by atoms with van der Waals surface area (Å²) in [4.78, 5) is 10.0. The summed E-state index contributed by atoms with van der Waals surface area (Å²) in [6.07, 6.45) is 4.13. The van der Waals surface area contributed by atoms with Crippen LogP contribution in [0.2, 0.25) is 0 Å². The second-order valence-electron chi connectivity index (χ2n) is 4.55. The lowest BCUT2D eigenvalue weighted by atomic mass is 9.93. The van der Waals surface area contributed by atoms with Gasteiger partial charge < -0.3 is 4.84 Å². The average molecular weight is 180 g/mol. The summed E-state index contributed by atoms with van der Waals surface area (Å²) in [5.41, 5.74) is 1.23. The molecule has 0 aromatic carbocycles. The van der Waals surface area contributed by atoms with Crippen molar-refractivity contribution < 1.29 is 4.84 Å². The zero-order chi connectivity index (χ0) is 9.47. The van der Waals surface area contributed by atoms with Gasteiger partial charge in [0.25, 0.3) is 0 Å². The molecule has 1 aliphatic rings. The van der Waals surface area contributed by atoms with Crippen LogP contribution in [0.25, 0.3) is 0 Å². The summed E-state index contributed by atoms with van der Waals surface area (Å²) < 4.78 is 1.82. The minimum absolute atomic E-state index is 0.119. The molecule has 0 aliphatic carbocycles. The van der Waals surface area contributed by atoms with Crippen molar-refractivity contribution in [3.8, 4) is 0 Å². The van der Waals surface area contributed by atoms with Crippen molar-refractivity contribution in [3.05, 3.63) is 17.7 Å². The Hall–Kier alpha value is -0.990. The monoisotopic (exact) mass is 180 g/mol. The minimum Gasteiger partial charge on any atom is -0.413 e. The van der Waals surface area contributed by atoms with Crippen molar-refractivity contribution in [1.29, 1.82) is 0 Å². The summed E-state index contributed by atoms with van der Waals surface area (Å²) in [5.74, 6) is 1.07. The van der Waals surface area contributed by atoms with Gasteiger partial charge in [-0.25, -0.2) is 4.98 Å². The molecule has 2 heterocycles. The molecule has 2 rings (SSSR count). The van der Waals surface area contributed by atoms with E-state index in [4.69, 9.17) is 4.84 Å². The molecular formula is C10H16N2O. The minimum atomic E-state index is 0.119. The van der Waals surface area contributed by atoms with Crippen molar-refractivity contribution in [2.24, 2.45) is 0 Å². The van der Waals surface area contributed by atoms with Crippen LogP contribution in [0.5, 0.6) is 0 Å². The van der Waals surface area contributed by atoms with Crippen LogP contribution < -0.4 is 4.84 Å². The van der Waals surface area contributed by atoms with Gasteiger partial charge in [-0.05, 0) is 6.42 Å². The first-order chi connectivity index (χ1) is 6.07. The highest BCUT2D eigenvalue weighted by Gasteiger charge is 2.21. The molecule has 0 amide bonds.